The average Bonchev–Trinajstić information content (AvgIpc) is 2.79. The zero-order valence-corrected chi connectivity index (χ0v) is 12.3. The fraction of sp³-hybridized carbons (Fsp3) is 0.438. The molecule has 1 amide bonds. The van der Waals surface area contributed by atoms with E-state index in [9.17, 15) is 4.79 Å². The lowest BCUT2D eigenvalue weighted by Crippen LogP contribution is -2.27. The van der Waals surface area contributed by atoms with Crippen LogP contribution in [0.3, 0.4) is 0 Å². The van der Waals surface area contributed by atoms with Crippen LogP contribution in [0.2, 0.25) is 5.02 Å². The van der Waals surface area contributed by atoms with Gasteiger partial charge < -0.3 is 4.90 Å². The molecule has 1 aromatic carbocycles. The van der Waals surface area contributed by atoms with Crippen molar-refractivity contribution in [1.29, 1.82) is 0 Å². The summed E-state index contributed by atoms with van der Waals surface area (Å²) >= 11 is 6.30. The Balaban J connectivity index is 2.51. The van der Waals surface area contributed by atoms with Crippen molar-refractivity contribution >= 4 is 23.2 Å². The normalized spacial score (nSPS) is 19.0. The van der Waals surface area contributed by atoms with Gasteiger partial charge in [-0.25, -0.2) is 0 Å². The van der Waals surface area contributed by atoms with Gasteiger partial charge in [-0.1, -0.05) is 37.6 Å². The Morgan fingerprint density at radius 3 is 2.68 bits per heavy atom. The van der Waals surface area contributed by atoms with Gasteiger partial charge in [-0.3, -0.25) is 4.79 Å². The van der Waals surface area contributed by atoms with Crippen molar-refractivity contribution < 1.29 is 4.79 Å². The number of halogens is 1. The van der Waals surface area contributed by atoms with Crippen molar-refractivity contribution in [3.63, 3.8) is 0 Å². The summed E-state index contributed by atoms with van der Waals surface area (Å²) in [5, 5.41) is 0.754. The third kappa shape index (κ3) is 2.55. The Hall–Kier alpha value is -1.28. The minimum absolute atomic E-state index is 0.177. The van der Waals surface area contributed by atoms with E-state index < -0.39 is 0 Å². The maximum absolute atomic E-state index is 12.2. The lowest BCUT2D eigenvalue weighted by Gasteiger charge is -2.24. The van der Waals surface area contributed by atoms with Crippen molar-refractivity contribution in [1.82, 2.24) is 0 Å². The number of aryl methyl sites for hydroxylation is 1. The largest absolute Gasteiger partial charge is 0.311 e. The van der Waals surface area contributed by atoms with Gasteiger partial charge in [-0.2, -0.15) is 0 Å². The highest BCUT2D eigenvalue weighted by atomic mass is 35.5. The van der Waals surface area contributed by atoms with E-state index >= 15 is 0 Å². The van der Waals surface area contributed by atoms with E-state index in [1.165, 1.54) is 5.56 Å². The van der Waals surface area contributed by atoms with Crippen LogP contribution >= 0.6 is 11.6 Å². The first-order valence-electron chi connectivity index (χ1n) is 6.85. The van der Waals surface area contributed by atoms with Crippen LogP contribution in [0.1, 0.15) is 31.4 Å². The van der Waals surface area contributed by atoms with Crippen molar-refractivity contribution in [3.8, 4) is 0 Å². The minimum atomic E-state index is 0.177. The minimum Gasteiger partial charge on any atom is -0.311 e. The van der Waals surface area contributed by atoms with E-state index in [1.807, 2.05) is 23.1 Å². The number of rotatable bonds is 4. The second kappa shape index (κ2) is 5.79. The van der Waals surface area contributed by atoms with Gasteiger partial charge in [0.15, 0.2) is 0 Å². The van der Waals surface area contributed by atoms with Gasteiger partial charge in [0, 0.05) is 23.9 Å². The lowest BCUT2D eigenvalue weighted by atomic mass is 10.0. The molecule has 0 radical (unpaired) electrons. The molecule has 1 heterocycles. The Morgan fingerprint density at radius 2 is 2.16 bits per heavy atom. The highest BCUT2D eigenvalue weighted by molar-refractivity contribution is 6.32. The number of anilines is 1. The van der Waals surface area contributed by atoms with Crippen LogP contribution < -0.4 is 4.90 Å². The molecule has 0 bridgehead atoms. The molecule has 0 N–H and O–H groups in total. The molecule has 0 saturated carbocycles. The summed E-state index contributed by atoms with van der Waals surface area (Å²) in [6, 6.07) is 3.97. The number of hydrogen-bond acceptors (Lipinski definition) is 1. The van der Waals surface area contributed by atoms with Crippen LogP contribution in [0.25, 0.3) is 0 Å². The fourth-order valence-electron chi connectivity index (χ4n) is 2.73. The molecule has 0 spiro atoms. The van der Waals surface area contributed by atoms with Crippen molar-refractivity contribution in [2.45, 2.75) is 33.1 Å². The lowest BCUT2D eigenvalue weighted by molar-refractivity contribution is -0.117. The molecular weight excluding hydrogens is 258 g/mol. The van der Waals surface area contributed by atoms with E-state index in [0.29, 0.717) is 6.42 Å². The molecule has 1 unspecified atom stereocenters. The standard InChI is InChI=1S/C16H20ClNO/c1-4-11-9-15(19)18(10-11)16-12(5-2)7-8-14(17)13(16)6-3/h4,7-8,11H,1,5-6,9-10H2,2-3H3. The number of carbonyl (C=O) groups excluding carboxylic acids is 1. The Labute approximate surface area is 120 Å². The molecule has 19 heavy (non-hydrogen) atoms. The van der Waals surface area contributed by atoms with Crippen LogP contribution in [0.4, 0.5) is 5.69 Å². The number of nitrogens with zero attached hydrogens (tertiary/aromatic N) is 1. The molecule has 0 aromatic heterocycles. The molecule has 1 fully saturated rings. The van der Waals surface area contributed by atoms with E-state index in [-0.39, 0.29) is 11.8 Å². The smallest absolute Gasteiger partial charge is 0.227 e. The second-order valence-electron chi connectivity index (χ2n) is 4.95. The summed E-state index contributed by atoms with van der Waals surface area (Å²) in [5.74, 6) is 0.428. The Bertz CT molecular complexity index is 510. The van der Waals surface area contributed by atoms with Crippen LogP contribution in [-0.2, 0) is 17.6 Å². The third-order valence-corrected chi connectivity index (χ3v) is 4.16. The third-order valence-electron chi connectivity index (χ3n) is 3.80. The van der Waals surface area contributed by atoms with Gasteiger partial charge in [0.05, 0.1) is 5.69 Å². The first-order chi connectivity index (χ1) is 9.12. The monoisotopic (exact) mass is 277 g/mol. The predicted molar refractivity (Wildman–Crippen MR) is 80.9 cm³/mol. The van der Waals surface area contributed by atoms with Crippen molar-refractivity contribution in [2.24, 2.45) is 5.92 Å². The second-order valence-corrected chi connectivity index (χ2v) is 5.35. The first kappa shape index (κ1) is 14.1. The topological polar surface area (TPSA) is 20.3 Å². The molecule has 0 aliphatic carbocycles. The summed E-state index contributed by atoms with van der Waals surface area (Å²) in [6.45, 7) is 8.72. The molecule has 2 rings (SSSR count). The summed E-state index contributed by atoms with van der Waals surface area (Å²) in [5.41, 5.74) is 3.31. The zero-order valence-electron chi connectivity index (χ0n) is 11.6. The average molecular weight is 278 g/mol. The SMILES string of the molecule is C=CC1CC(=O)N(c2c(CC)ccc(Cl)c2CC)C1. The van der Waals surface area contributed by atoms with Gasteiger partial charge in [0.25, 0.3) is 0 Å². The maximum atomic E-state index is 12.2. The molecule has 1 saturated heterocycles. The van der Waals surface area contributed by atoms with E-state index in [0.717, 1.165) is 35.7 Å². The van der Waals surface area contributed by atoms with Gasteiger partial charge in [-0.15, -0.1) is 6.58 Å². The van der Waals surface area contributed by atoms with Gasteiger partial charge >= 0.3 is 0 Å². The Morgan fingerprint density at radius 1 is 1.42 bits per heavy atom. The fourth-order valence-corrected chi connectivity index (χ4v) is 3.01. The van der Waals surface area contributed by atoms with E-state index in [2.05, 4.69) is 20.4 Å². The molecule has 3 heteroatoms. The van der Waals surface area contributed by atoms with E-state index in [4.69, 9.17) is 11.6 Å². The highest BCUT2D eigenvalue weighted by Crippen LogP contribution is 2.36. The molecule has 1 aromatic rings. The highest BCUT2D eigenvalue weighted by Gasteiger charge is 2.31. The number of amides is 1. The molecule has 102 valence electrons. The summed E-state index contributed by atoms with van der Waals surface area (Å²) in [6.07, 6.45) is 4.18. The number of benzene rings is 1. The van der Waals surface area contributed by atoms with E-state index in [1.54, 1.807) is 0 Å². The van der Waals surface area contributed by atoms with Gasteiger partial charge in [0.2, 0.25) is 5.91 Å². The summed E-state index contributed by atoms with van der Waals surface area (Å²) in [7, 11) is 0. The van der Waals surface area contributed by atoms with Crippen LogP contribution in [0, 0.1) is 5.92 Å². The molecule has 1 aliphatic heterocycles. The predicted octanol–water partition coefficient (Wildman–Crippen LogP) is 4.00. The van der Waals surface area contributed by atoms with Gasteiger partial charge in [0.1, 0.15) is 0 Å². The molecular formula is C16H20ClNO. The maximum Gasteiger partial charge on any atom is 0.227 e. The van der Waals surface area contributed by atoms with Crippen molar-refractivity contribution in [2.75, 3.05) is 11.4 Å². The van der Waals surface area contributed by atoms with Gasteiger partial charge in [-0.05, 0) is 30.0 Å². The molecule has 1 aliphatic rings. The van der Waals surface area contributed by atoms with Crippen LogP contribution in [-0.4, -0.2) is 12.5 Å². The molecule has 1 atom stereocenters. The summed E-state index contributed by atoms with van der Waals surface area (Å²) < 4.78 is 0. The first-order valence-corrected chi connectivity index (χ1v) is 7.23. The van der Waals surface area contributed by atoms with Crippen LogP contribution in [0.15, 0.2) is 24.8 Å². The quantitative estimate of drug-likeness (QED) is 0.762. The van der Waals surface area contributed by atoms with Crippen LogP contribution in [0.5, 0.6) is 0 Å². The number of hydrogen-bond donors (Lipinski definition) is 0. The molecule has 2 nitrogen and oxygen atoms in total. The number of carbonyl (C=O) groups is 1. The Kier molecular flexibility index (Phi) is 4.31. The summed E-state index contributed by atoms with van der Waals surface area (Å²) in [4.78, 5) is 14.1. The zero-order chi connectivity index (χ0) is 14.0. The van der Waals surface area contributed by atoms with Crippen molar-refractivity contribution in [3.05, 3.63) is 40.9 Å².